The molecule has 0 radical (unpaired) electrons. The van der Waals surface area contributed by atoms with Crippen LogP contribution in [0.3, 0.4) is 0 Å². The molecule has 0 aliphatic rings. The number of carbonyl (C=O) groups is 2. The molecule has 0 aliphatic heterocycles. The minimum absolute atomic E-state index is 0.119. The third kappa shape index (κ3) is 3.48. The Kier molecular flexibility index (Phi) is 5.08. The topological polar surface area (TPSA) is 56.5 Å². The van der Waals surface area contributed by atoms with Gasteiger partial charge in [-0.2, -0.15) is 0 Å². The van der Waals surface area contributed by atoms with Crippen molar-refractivity contribution < 1.29 is 18.7 Å². The Bertz CT molecular complexity index is 1140. The molecular weight excluding hydrogens is 364 g/mol. The molecule has 3 aromatic carbocycles. The first-order valence-electron chi connectivity index (χ1n) is 9.14. The summed E-state index contributed by atoms with van der Waals surface area (Å²) in [6, 6.07) is 25.5. The molecule has 1 aromatic heterocycles. The van der Waals surface area contributed by atoms with Crippen LogP contribution in [0.4, 0.5) is 0 Å². The molecule has 142 valence electrons. The number of carbonyl (C=O) groups excluding carboxylic acids is 2. The average Bonchev–Trinajstić information content (AvgIpc) is 3.19. The molecule has 0 unspecified atom stereocenters. The fourth-order valence-electron chi connectivity index (χ4n) is 3.32. The molecule has 0 saturated carbocycles. The first kappa shape index (κ1) is 18.4. The number of hydrogen-bond acceptors (Lipinski definition) is 4. The van der Waals surface area contributed by atoms with E-state index < -0.39 is 0 Å². The first-order valence-corrected chi connectivity index (χ1v) is 9.14. The summed E-state index contributed by atoms with van der Waals surface area (Å²) in [7, 11) is 1.58. The Morgan fingerprint density at radius 2 is 1.45 bits per heavy atom. The van der Waals surface area contributed by atoms with E-state index in [4.69, 9.17) is 9.15 Å². The molecule has 0 fully saturated rings. The molecule has 0 spiro atoms. The molecule has 4 aromatic rings. The van der Waals surface area contributed by atoms with Crippen LogP contribution >= 0.6 is 0 Å². The molecule has 0 bridgehead atoms. The Morgan fingerprint density at radius 1 is 0.828 bits per heavy atom. The summed E-state index contributed by atoms with van der Waals surface area (Å²) in [5.41, 5.74) is 2.82. The van der Waals surface area contributed by atoms with Crippen molar-refractivity contribution in [2.75, 3.05) is 7.11 Å². The van der Waals surface area contributed by atoms with E-state index in [9.17, 15) is 9.59 Å². The van der Waals surface area contributed by atoms with Crippen LogP contribution in [0.15, 0.2) is 89.3 Å². The number of furan rings is 1. The van der Waals surface area contributed by atoms with Crippen LogP contribution in [0.1, 0.15) is 26.5 Å². The third-order valence-electron chi connectivity index (χ3n) is 4.72. The SMILES string of the molecule is COc1ccc(-c2c(C=O)oc(-c3ccccc3)c2C(=O)c2ccccc2)cc1. The van der Waals surface area contributed by atoms with Crippen molar-refractivity contribution >= 4 is 12.1 Å². The van der Waals surface area contributed by atoms with E-state index in [0.717, 1.165) is 5.56 Å². The quantitative estimate of drug-likeness (QED) is 0.319. The van der Waals surface area contributed by atoms with E-state index in [2.05, 4.69) is 0 Å². The number of hydrogen-bond donors (Lipinski definition) is 0. The van der Waals surface area contributed by atoms with Gasteiger partial charge in [-0.3, -0.25) is 9.59 Å². The zero-order chi connectivity index (χ0) is 20.2. The van der Waals surface area contributed by atoms with Crippen LogP contribution in [0, 0.1) is 0 Å². The molecule has 0 atom stereocenters. The van der Waals surface area contributed by atoms with E-state index in [0.29, 0.717) is 40.0 Å². The summed E-state index contributed by atoms with van der Waals surface area (Å²) < 4.78 is 11.1. The van der Waals surface area contributed by atoms with Crippen molar-refractivity contribution in [3.8, 4) is 28.2 Å². The molecule has 0 aliphatic carbocycles. The summed E-state index contributed by atoms with van der Waals surface area (Å²) in [5, 5.41) is 0. The van der Waals surface area contributed by atoms with E-state index >= 15 is 0 Å². The molecule has 0 N–H and O–H groups in total. The molecule has 29 heavy (non-hydrogen) atoms. The number of aldehydes is 1. The normalized spacial score (nSPS) is 10.5. The molecule has 4 nitrogen and oxygen atoms in total. The summed E-state index contributed by atoms with van der Waals surface area (Å²) in [6.07, 6.45) is 0.647. The fourth-order valence-corrected chi connectivity index (χ4v) is 3.32. The van der Waals surface area contributed by atoms with Crippen LogP contribution < -0.4 is 4.74 Å². The highest BCUT2D eigenvalue weighted by molar-refractivity contribution is 6.17. The Hall–Kier alpha value is -3.92. The number of benzene rings is 3. The van der Waals surface area contributed by atoms with Crippen LogP contribution in [-0.2, 0) is 0 Å². The molecule has 4 heteroatoms. The molecule has 0 amide bonds. The van der Waals surface area contributed by atoms with Gasteiger partial charge in [0.25, 0.3) is 0 Å². The van der Waals surface area contributed by atoms with Crippen molar-refractivity contribution in [3.05, 3.63) is 102 Å². The lowest BCUT2D eigenvalue weighted by atomic mass is 9.92. The summed E-state index contributed by atoms with van der Waals surface area (Å²) in [5.74, 6) is 0.983. The highest BCUT2D eigenvalue weighted by atomic mass is 16.5. The fraction of sp³-hybridized carbons (Fsp3) is 0.0400. The maximum Gasteiger partial charge on any atom is 0.197 e. The van der Waals surface area contributed by atoms with E-state index in [1.165, 1.54) is 0 Å². The second kappa shape index (κ2) is 7.98. The maximum atomic E-state index is 13.5. The van der Waals surface area contributed by atoms with E-state index in [-0.39, 0.29) is 11.5 Å². The van der Waals surface area contributed by atoms with Gasteiger partial charge < -0.3 is 9.15 Å². The smallest absolute Gasteiger partial charge is 0.197 e. The van der Waals surface area contributed by atoms with Crippen molar-refractivity contribution in [1.82, 2.24) is 0 Å². The van der Waals surface area contributed by atoms with Gasteiger partial charge in [0, 0.05) is 16.7 Å². The Balaban J connectivity index is 1.99. The van der Waals surface area contributed by atoms with Crippen molar-refractivity contribution in [2.24, 2.45) is 0 Å². The van der Waals surface area contributed by atoms with Crippen LogP contribution in [0.5, 0.6) is 5.75 Å². The summed E-state index contributed by atoms with van der Waals surface area (Å²) in [4.78, 5) is 25.3. The maximum absolute atomic E-state index is 13.5. The zero-order valence-electron chi connectivity index (χ0n) is 15.8. The highest BCUT2D eigenvalue weighted by Crippen LogP contribution is 2.39. The number of ketones is 1. The zero-order valence-corrected chi connectivity index (χ0v) is 15.8. The van der Waals surface area contributed by atoms with E-state index in [1.54, 1.807) is 31.4 Å². The standard InChI is InChI=1S/C25H18O4/c1-28-20-14-12-17(13-15-20)22-21(16-26)29-25(19-10-6-3-7-11-19)23(22)24(27)18-8-4-2-5-9-18/h2-16H,1H3. The van der Waals surface area contributed by atoms with Gasteiger partial charge in [-0.1, -0.05) is 72.8 Å². The van der Waals surface area contributed by atoms with E-state index in [1.807, 2.05) is 60.7 Å². The van der Waals surface area contributed by atoms with Crippen molar-refractivity contribution in [1.29, 1.82) is 0 Å². The Morgan fingerprint density at radius 3 is 2.03 bits per heavy atom. The van der Waals surface area contributed by atoms with Gasteiger partial charge in [0.1, 0.15) is 11.5 Å². The second-order valence-electron chi connectivity index (χ2n) is 6.45. The van der Waals surface area contributed by atoms with Crippen molar-refractivity contribution in [2.45, 2.75) is 0 Å². The number of ether oxygens (including phenoxy) is 1. The largest absolute Gasteiger partial charge is 0.497 e. The minimum atomic E-state index is -0.202. The molecule has 1 heterocycles. The lowest BCUT2D eigenvalue weighted by Crippen LogP contribution is -2.04. The minimum Gasteiger partial charge on any atom is -0.497 e. The van der Waals surface area contributed by atoms with Gasteiger partial charge >= 0.3 is 0 Å². The van der Waals surface area contributed by atoms with Gasteiger partial charge in [-0.25, -0.2) is 0 Å². The monoisotopic (exact) mass is 382 g/mol. The second-order valence-corrected chi connectivity index (χ2v) is 6.45. The molecular formula is C25H18O4. The predicted octanol–water partition coefficient (Wildman–Crippen LogP) is 5.67. The molecule has 0 saturated heterocycles. The lowest BCUT2D eigenvalue weighted by molar-refractivity contribution is 0.103. The summed E-state index contributed by atoms with van der Waals surface area (Å²) in [6.45, 7) is 0. The first-order chi connectivity index (χ1) is 14.2. The number of methoxy groups -OCH3 is 1. The van der Waals surface area contributed by atoms with Crippen LogP contribution in [0.25, 0.3) is 22.5 Å². The van der Waals surface area contributed by atoms with Crippen LogP contribution in [-0.4, -0.2) is 19.2 Å². The van der Waals surface area contributed by atoms with Gasteiger partial charge in [-0.15, -0.1) is 0 Å². The predicted molar refractivity (Wildman–Crippen MR) is 111 cm³/mol. The molecule has 4 rings (SSSR count). The average molecular weight is 382 g/mol. The number of rotatable bonds is 6. The lowest BCUT2D eigenvalue weighted by Gasteiger charge is -2.07. The summed E-state index contributed by atoms with van der Waals surface area (Å²) >= 11 is 0. The van der Waals surface area contributed by atoms with Gasteiger partial charge in [0.05, 0.1) is 12.7 Å². The Labute approximate surface area is 168 Å². The van der Waals surface area contributed by atoms with Gasteiger partial charge in [0.2, 0.25) is 0 Å². The van der Waals surface area contributed by atoms with Gasteiger partial charge in [0.15, 0.2) is 17.8 Å². The van der Waals surface area contributed by atoms with Gasteiger partial charge in [-0.05, 0) is 17.7 Å². The van der Waals surface area contributed by atoms with Crippen molar-refractivity contribution in [3.63, 3.8) is 0 Å². The highest BCUT2D eigenvalue weighted by Gasteiger charge is 2.28. The third-order valence-corrected chi connectivity index (χ3v) is 4.72. The van der Waals surface area contributed by atoms with Crippen LogP contribution in [0.2, 0.25) is 0 Å².